The Morgan fingerprint density at radius 1 is 1.37 bits per heavy atom. The Bertz CT molecular complexity index is 461. The van der Waals surface area contributed by atoms with Gasteiger partial charge in [0.1, 0.15) is 5.82 Å². The Hall–Kier alpha value is -0.450. The third kappa shape index (κ3) is 2.71. The van der Waals surface area contributed by atoms with Gasteiger partial charge in [0.05, 0.1) is 0 Å². The van der Waals surface area contributed by atoms with Crippen LogP contribution in [0.5, 0.6) is 0 Å². The van der Waals surface area contributed by atoms with Crippen LogP contribution in [0.25, 0.3) is 0 Å². The summed E-state index contributed by atoms with van der Waals surface area (Å²) >= 11 is 3.34. The monoisotopic (exact) mass is 326 g/mol. The van der Waals surface area contributed by atoms with Gasteiger partial charge in [0, 0.05) is 22.1 Å². The highest BCUT2D eigenvalue weighted by molar-refractivity contribution is 9.10. The summed E-state index contributed by atoms with van der Waals surface area (Å²) in [5, 5.41) is 3.26. The van der Waals surface area contributed by atoms with E-state index in [0.717, 1.165) is 29.5 Å². The van der Waals surface area contributed by atoms with Gasteiger partial charge in [-0.2, -0.15) is 0 Å². The van der Waals surface area contributed by atoms with Crippen molar-refractivity contribution in [1.82, 2.24) is 10.2 Å². The molecular formula is C15H20BrFN2. The maximum atomic E-state index is 14.3. The number of hydrogen-bond acceptors (Lipinski definition) is 2. The quantitative estimate of drug-likeness (QED) is 0.913. The van der Waals surface area contributed by atoms with Gasteiger partial charge in [-0.3, -0.25) is 4.90 Å². The number of rotatable bonds is 4. The molecule has 2 atom stereocenters. The van der Waals surface area contributed by atoms with Crippen molar-refractivity contribution in [1.29, 1.82) is 0 Å². The van der Waals surface area contributed by atoms with Crippen LogP contribution in [0, 0.1) is 11.7 Å². The van der Waals surface area contributed by atoms with E-state index in [1.807, 2.05) is 19.2 Å². The highest BCUT2D eigenvalue weighted by Crippen LogP contribution is 2.44. The molecule has 19 heavy (non-hydrogen) atoms. The smallest absolute Gasteiger partial charge is 0.129 e. The van der Waals surface area contributed by atoms with Gasteiger partial charge in [-0.1, -0.05) is 22.0 Å². The minimum absolute atomic E-state index is 0.0759. The molecule has 1 saturated heterocycles. The zero-order chi connectivity index (χ0) is 13.4. The molecule has 1 N–H and O–H groups in total. The van der Waals surface area contributed by atoms with Crippen LogP contribution in [0.2, 0.25) is 0 Å². The van der Waals surface area contributed by atoms with E-state index >= 15 is 0 Å². The third-order valence-electron chi connectivity index (χ3n) is 4.33. The van der Waals surface area contributed by atoms with Crippen molar-refractivity contribution in [2.75, 3.05) is 20.1 Å². The molecule has 1 aromatic rings. The lowest BCUT2D eigenvalue weighted by atomic mass is 9.93. The first-order valence-corrected chi connectivity index (χ1v) is 7.85. The molecule has 2 fully saturated rings. The highest BCUT2D eigenvalue weighted by atomic mass is 79.9. The molecule has 1 aliphatic carbocycles. The molecule has 0 spiro atoms. The van der Waals surface area contributed by atoms with Gasteiger partial charge in [0.15, 0.2) is 0 Å². The lowest BCUT2D eigenvalue weighted by Gasteiger charge is -2.29. The Morgan fingerprint density at radius 3 is 2.79 bits per heavy atom. The summed E-state index contributed by atoms with van der Waals surface area (Å²) in [6.07, 6.45) is 3.72. The van der Waals surface area contributed by atoms with Crippen molar-refractivity contribution in [3.63, 3.8) is 0 Å². The van der Waals surface area contributed by atoms with Crippen LogP contribution in [0.1, 0.15) is 30.9 Å². The first-order chi connectivity index (χ1) is 9.20. The summed E-state index contributed by atoms with van der Waals surface area (Å²) < 4.78 is 15.1. The van der Waals surface area contributed by atoms with Gasteiger partial charge in [0.2, 0.25) is 0 Å². The molecule has 1 aliphatic heterocycles. The molecule has 1 heterocycles. The molecule has 0 radical (unpaired) electrons. The second kappa shape index (κ2) is 5.51. The molecule has 4 heteroatoms. The lowest BCUT2D eigenvalue weighted by molar-refractivity contribution is 0.212. The summed E-state index contributed by atoms with van der Waals surface area (Å²) in [6, 6.07) is 6.43. The summed E-state index contributed by atoms with van der Waals surface area (Å²) in [6.45, 7) is 2.07. The van der Waals surface area contributed by atoms with Gasteiger partial charge < -0.3 is 5.32 Å². The van der Waals surface area contributed by atoms with Crippen molar-refractivity contribution < 1.29 is 4.39 Å². The molecular weight excluding hydrogens is 307 g/mol. The predicted octanol–water partition coefficient (Wildman–Crippen LogP) is 3.33. The molecule has 0 bridgehead atoms. The number of benzene rings is 1. The Balaban J connectivity index is 1.91. The van der Waals surface area contributed by atoms with E-state index in [1.165, 1.54) is 12.8 Å². The molecule has 0 amide bonds. The largest absolute Gasteiger partial charge is 0.319 e. The van der Waals surface area contributed by atoms with Crippen molar-refractivity contribution in [2.45, 2.75) is 31.3 Å². The van der Waals surface area contributed by atoms with E-state index in [1.54, 1.807) is 6.07 Å². The summed E-state index contributed by atoms with van der Waals surface area (Å²) in [5.74, 6) is 0.439. The van der Waals surface area contributed by atoms with E-state index in [0.29, 0.717) is 12.0 Å². The number of hydrogen-bond donors (Lipinski definition) is 1. The molecule has 1 saturated carbocycles. The normalized spacial score (nSPS) is 27.9. The van der Waals surface area contributed by atoms with Crippen LogP contribution in [0.4, 0.5) is 4.39 Å². The first kappa shape index (κ1) is 13.5. The molecule has 2 unspecified atom stereocenters. The third-order valence-corrected chi connectivity index (χ3v) is 4.82. The number of likely N-dealkylation sites (tertiary alicyclic amines) is 1. The lowest BCUT2D eigenvalue weighted by Crippen LogP contribution is -2.31. The molecule has 104 valence electrons. The van der Waals surface area contributed by atoms with Crippen LogP contribution >= 0.6 is 15.9 Å². The van der Waals surface area contributed by atoms with Gasteiger partial charge in [-0.25, -0.2) is 4.39 Å². The maximum Gasteiger partial charge on any atom is 0.129 e. The van der Waals surface area contributed by atoms with Crippen molar-refractivity contribution in [3.8, 4) is 0 Å². The molecule has 2 nitrogen and oxygen atoms in total. The predicted molar refractivity (Wildman–Crippen MR) is 78.6 cm³/mol. The van der Waals surface area contributed by atoms with Crippen LogP contribution in [0.15, 0.2) is 22.7 Å². The van der Waals surface area contributed by atoms with E-state index in [9.17, 15) is 4.39 Å². The fourth-order valence-electron chi connectivity index (χ4n) is 3.35. The Morgan fingerprint density at radius 2 is 2.16 bits per heavy atom. The number of halogens is 2. The minimum atomic E-state index is -0.0759. The molecule has 2 aliphatic rings. The summed E-state index contributed by atoms with van der Waals surface area (Å²) in [5.41, 5.74) is 0.868. The fourth-order valence-corrected chi connectivity index (χ4v) is 3.68. The summed E-state index contributed by atoms with van der Waals surface area (Å²) in [4.78, 5) is 2.52. The van der Waals surface area contributed by atoms with Gasteiger partial charge >= 0.3 is 0 Å². The van der Waals surface area contributed by atoms with E-state index in [-0.39, 0.29) is 11.9 Å². The van der Waals surface area contributed by atoms with E-state index in [4.69, 9.17) is 0 Å². The number of nitrogens with one attached hydrogen (secondary N) is 1. The van der Waals surface area contributed by atoms with Crippen LogP contribution in [-0.2, 0) is 0 Å². The standard InChI is InChI=1S/C15H20BrFN2/c1-18-9-10-6-7-19(12-3-4-12)15(10)13-5-2-11(16)8-14(13)17/h2,5,8,10,12,15,18H,3-4,6-7,9H2,1H3. The topological polar surface area (TPSA) is 15.3 Å². The van der Waals surface area contributed by atoms with Crippen LogP contribution < -0.4 is 5.32 Å². The Kier molecular flexibility index (Phi) is 3.92. The minimum Gasteiger partial charge on any atom is -0.319 e. The highest BCUT2D eigenvalue weighted by Gasteiger charge is 2.43. The van der Waals surface area contributed by atoms with Crippen LogP contribution in [-0.4, -0.2) is 31.1 Å². The molecule has 1 aromatic carbocycles. The van der Waals surface area contributed by atoms with Gasteiger partial charge in [-0.05, 0) is 57.5 Å². The average Bonchev–Trinajstić information content (AvgIpc) is 3.13. The van der Waals surface area contributed by atoms with E-state index in [2.05, 4.69) is 26.1 Å². The Labute approximate surface area is 122 Å². The second-order valence-electron chi connectivity index (χ2n) is 5.69. The average molecular weight is 327 g/mol. The van der Waals surface area contributed by atoms with Crippen molar-refractivity contribution in [3.05, 3.63) is 34.1 Å². The zero-order valence-electron chi connectivity index (χ0n) is 11.2. The second-order valence-corrected chi connectivity index (χ2v) is 6.60. The SMILES string of the molecule is CNCC1CCN(C2CC2)C1c1ccc(Br)cc1F. The molecule has 3 rings (SSSR count). The van der Waals surface area contributed by atoms with Crippen LogP contribution in [0.3, 0.4) is 0 Å². The van der Waals surface area contributed by atoms with Crippen molar-refractivity contribution in [2.24, 2.45) is 5.92 Å². The maximum absolute atomic E-state index is 14.3. The van der Waals surface area contributed by atoms with Crippen molar-refractivity contribution >= 4 is 15.9 Å². The first-order valence-electron chi connectivity index (χ1n) is 7.06. The van der Waals surface area contributed by atoms with Gasteiger partial charge in [-0.15, -0.1) is 0 Å². The number of nitrogens with zero attached hydrogens (tertiary/aromatic N) is 1. The fraction of sp³-hybridized carbons (Fsp3) is 0.600. The van der Waals surface area contributed by atoms with E-state index < -0.39 is 0 Å². The zero-order valence-corrected chi connectivity index (χ0v) is 12.8. The summed E-state index contributed by atoms with van der Waals surface area (Å²) in [7, 11) is 1.98. The van der Waals surface area contributed by atoms with Gasteiger partial charge in [0.25, 0.3) is 0 Å². The molecule has 0 aromatic heterocycles.